The van der Waals surface area contributed by atoms with Gasteiger partial charge >= 0.3 is 0 Å². The summed E-state index contributed by atoms with van der Waals surface area (Å²) in [7, 11) is -2.68. The molecular weight excluding hydrogens is 272 g/mol. The summed E-state index contributed by atoms with van der Waals surface area (Å²) in [5, 5.41) is 0. The fraction of sp³-hybridized carbons (Fsp3) is 0.692. The quantitative estimate of drug-likeness (QED) is 0.558. The lowest BCUT2D eigenvalue weighted by Crippen LogP contribution is -2.59. The predicted molar refractivity (Wildman–Crippen MR) is 83.9 cm³/mol. The van der Waals surface area contributed by atoms with Crippen LogP contribution in [0.15, 0.2) is 12.2 Å². The smallest absolute Gasteiger partial charge is 0.253 e. The summed E-state index contributed by atoms with van der Waals surface area (Å²) in [6.45, 7) is 15.7. The number of rotatable bonds is 6. The first-order valence-corrected chi connectivity index (χ1v) is 13.7. The molecule has 1 aliphatic heterocycles. The molecule has 0 aromatic heterocycles. The van der Waals surface area contributed by atoms with Gasteiger partial charge in [0, 0.05) is 18.7 Å². The largest absolute Gasteiger partial charge is 0.346 e. The van der Waals surface area contributed by atoms with Gasteiger partial charge in [-0.1, -0.05) is 39.3 Å². The van der Waals surface area contributed by atoms with E-state index in [0.717, 1.165) is 13.0 Å². The van der Waals surface area contributed by atoms with Crippen LogP contribution in [0.2, 0.25) is 39.3 Å². The van der Waals surface area contributed by atoms with Crippen LogP contribution in [0.1, 0.15) is 6.42 Å². The van der Waals surface area contributed by atoms with Crippen LogP contribution in [0.25, 0.3) is 0 Å². The third-order valence-electron chi connectivity index (χ3n) is 3.28. The maximum atomic E-state index is 11.5. The molecule has 0 radical (unpaired) electrons. The minimum Gasteiger partial charge on any atom is -0.346 e. The van der Waals surface area contributed by atoms with Gasteiger partial charge in [0.2, 0.25) is 0 Å². The van der Waals surface area contributed by atoms with Gasteiger partial charge in [0.1, 0.15) is 16.5 Å². The van der Waals surface area contributed by atoms with Crippen LogP contribution < -0.4 is 0 Å². The topological polar surface area (TPSA) is 40.6 Å². The first kappa shape index (κ1) is 16.3. The highest BCUT2D eigenvalue weighted by atomic mass is 28.4. The first-order valence-electron chi connectivity index (χ1n) is 6.85. The second-order valence-corrected chi connectivity index (χ2v) is 17.2. The minimum absolute atomic E-state index is 0.169. The minimum atomic E-state index is -1.34. The Bertz CT molecular complexity index is 362. The first-order chi connectivity index (χ1) is 8.53. The molecule has 0 fully saturated rings. The van der Waals surface area contributed by atoms with E-state index in [4.69, 9.17) is 0 Å². The Kier molecular flexibility index (Phi) is 4.92. The zero-order chi connectivity index (χ0) is 14.8. The average Bonchev–Trinajstić information content (AvgIpc) is 2.51. The molecule has 0 saturated heterocycles. The molecule has 4 nitrogen and oxygen atoms in total. The zero-order valence-electron chi connectivity index (χ0n) is 13.0. The van der Waals surface area contributed by atoms with Crippen molar-refractivity contribution in [2.45, 2.75) is 45.7 Å². The van der Waals surface area contributed by atoms with E-state index < -0.39 is 16.5 Å². The molecule has 0 atom stereocenters. The van der Waals surface area contributed by atoms with E-state index in [-0.39, 0.29) is 11.8 Å². The lowest BCUT2D eigenvalue weighted by Gasteiger charge is -2.43. The maximum absolute atomic E-state index is 11.5. The molecule has 0 N–H and O–H groups in total. The highest BCUT2D eigenvalue weighted by Crippen LogP contribution is 2.20. The lowest BCUT2D eigenvalue weighted by atomic mass is 10.4. The SMILES string of the molecule is C[Si](C)(C)N(CCCN1C(=O)C=CC1=O)[Si](C)(C)C. The molecule has 19 heavy (non-hydrogen) atoms. The van der Waals surface area contributed by atoms with Crippen molar-refractivity contribution in [2.75, 3.05) is 13.1 Å². The summed E-state index contributed by atoms with van der Waals surface area (Å²) in [4.78, 5) is 24.3. The van der Waals surface area contributed by atoms with Gasteiger partial charge in [-0.05, 0) is 13.0 Å². The summed E-state index contributed by atoms with van der Waals surface area (Å²) in [6.07, 6.45) is 3.59. The van der Waals surface area contributed by atoms with Crippen molar-refractivity contribution < 1.29 is 9.59 Å². The monoisotopic (exact) mass is 298 g/mol. The van der Waals surface area contributed by atoms with Crippen molar-refractivity contribution >= 4 is 28.3 Å². The van der Waals surface area contributed by atoms with Crippen LogP contribution in [0, 0.1) is 0 Å². The summed E-state index contributed by atoms with van der Waals surface area (Å²) < 4.78 is 2.68. The molecule has 6 heteroatoms. The molecule has 0 aliphatic carbocycles. The normalized spacial score (nSPS) is 16.9. The Morgan fingerprint density at radius 2 is 1.37 bits per heavy atom. The highest BCUT2D eigenvalue weighted by molar-refractivity contribution is 6.89. The lowest BCUT2D eigenvalue weighted by molar-refractivity contribution is -0.136. The molecule has 0 spiro atoms. The van der Waals surface area contributed by atoms with Gasteiger partial charge in [0.25, 0.3) is 11.8 Å². The van der Waals surface area contributed by atoms with E-state index in [1.54, 1.807) is 0 Å². The Hall–Kier alpha value is -0.726. The Balaban J connectivity index is 2.55. The van der Waals surface area contributed by atoms with Crippen molar-refractivity contribution in [1.82, 2.24) is 9.13 Å². The van der Waals surface area contributed by atoms with Crippen LogP contribution in [0.4, 0.5) is 0 Å². The molecule has 0 aromatic rings. The Morgan fingerprint density at radius 1 is 0.947 bits per heavy atom. The van der Waals surface area contributed by atoms with Gasteiger partial charge in [0.05, 0.1) is 0 Å². The van der Waals surface area contributed by atoms with E-state index in [0.29, 0.717) is 6.54 Å². The highest BCUT2D eigenvalue weighted by Gasteiger charge is 2.34. The number of hydrogen-bond acceptors (Lipinski definition) is 3. The van der Waals surface area contributed by atoms with E-state index in [1.165, 1.54) is 17.1 Å². The van der Waals surface area contributed by atoms with E-state index >= 15 is 0 Å². The third-order valence-corrected chi connectivity index (χ3v) is 11.0. The molecule has 108 valence electrons. The fourth-order valence-electron chi connectivity index (χ4n) is 2.72. The molecular formula is C13H26N2O2Si2. The molecule has 0 aromatic carbocycles. The second kappa shape index (κ2) is 5.72. The van der Waals surface area contributed by atoms with Crippen LogP contribution >= 0.6 is 0 Å². The van der Waals surface area contributed by atoms with Gasteiger partial charge in [0.15, 0.2) is 0 Å². The number of nitrogens with zero attached hydrogens (tertiary/aromatic N) is 2. The average molecular weight is 299 g/mol. The van der Waals surface area contributed by atoms with Crippen LogP contribution in [0.3, 0.4) is 0 Å². The molecule has 0 bridgehead atoms. The number of imide groups is 1. The van der Waals surface area contributed by atoms with Gasteiger partial charge in [-0.15, -0.1) is 0 Å². The molecule has 1 rings (SSSR count). The number of carbonyl (C=O) groups excluding carboxylic acids is 2. The Labute approximate surface area is 118 Å². The van der Waals surface area contributed by atoms with Gasteiger partial charge < -0.3 is 4.23 Å². The second-order valence-electron chi connectivity index (χ2n) is 7.01. The number of hydrogen-bond donors (Lipinski definition) is 0. The molecule has 1 aliphatic rings. The molecule has 1 heterocycles. The fourth-order valence-corrected chi connectivity index (χ4v) is 12.4. The maximum Gasteiger partial charge on any atom is 0.253 e. The van der Waals surface area contributed by atoms with E-state index in [9.17, 15) is 9.59 Å². The van der Waals surface area contributed by atoms with E-state index in [2.05, 4.69) is 43.5 Å². The zero-order valence-corrected chi connectivity index (χ0v) is 15.0. The van der Waals surface area contributed by atoms with Crippen molar-refractivity contribution in [2.24, 2.45) is 0 Å². The summed E-state index contributed by atoms with van der Waals surface area (Å²) in [6, 6.07) is 0. The van der Waals surface area contributed by atoms with E-state index in [1.807, 2.05) is 0 Å². The van der Waals surface area contributed by atoms with Crippen molar-refractivity contribution in [3.63, 3.8) is 0 Å². The van der Waals surface area contributed by atoms with Gasteiger partial charge in [-0.25, -0.2) is 0 Å². The van der Waals surface area contributed by atoms with Crippen molar-refractivity contribution in [3.05, 3.63) is 12.2 Å². The summed E-state index contributed by atoms with van der Waals surface area (Å²) >= 11 is 0. The molecule has 0 unspecified atom stereocenters. The third kappa shape index (κ3) is 4.40. The van der Waals surface area contributed by atoms with Gasteiger partial charge in [-0.2, -0.15) is 0 Å². The van der Waals surface area contributed by atoms with Crippen LogP contribution in [-0.2, 0) is 9.59 Å². The standard InChI is InChI=1S/C13H26N2O2Si2/c1-18(2,3)15(19(4,5)6)11-7-10-14-12(16)8-9-13(14)17/h8-9H,7,10-11H2,1-6H3. The van der Waals surface area contributed by atoms with Crippen molar-refractivity contribution in [3.8, 4) is 0 Å². The number of carbonyl (C=O) groups is 2. The number of amides is 2. The van der Waals surface area contributed by atoms with Crippen LogP contribution in [-0.4, -0.2) is 50.5 Å². The van der Waals surface area contributed by atoms with Crippen LogP contribution in [0.5, 0.6) is 0 Å². The molecule has 0 saturated carbocycles. The summed E-state index contributed by atoms with van der Waals surface area (Å²) in [5.74, 6) is -0.338. The van der Waals surface area contributed by atoms with Gasteiger partial charge in [-0.3, -0.25) is 14.5 Å². The molecule has 2 amide bonds. The Morgan fingerprint density at radius 3 is 1.74 bits per heavy atom. The van der Waals surface area contributed by atoms with Crippen molar-refractivity contribution in [1.29, 1.82) is 0 Å². The predicted octanol–water partition coefficient (Wildman–Crippen LogP) is 2.27. The summed E-state index contributed by atoms with van der Waals surface area (Å²) in [5.41, 5.74) is 0.